The van der Waals surface area contributed by atoms with Crippen LogP contribution in [0.2, 0.25) is 0 Å². The summed E-state index contributed by atoms with van der Waals surface area (Å²) in [6.45, 7) is 0. The average Bonchev–Trinajstić information content (AvgIpc) is 3.50. The maximum atomic E-state index is 5.02. The minimum Gasteiger partial charge on any atom is -0.309 e. The molecule has 0 atom stereocenters. The standard InChI is InChI=1S/C44H29N3/c1-2-9-30(10-3-1)31-17-19-32(20-18-31)35-12-8-13-36(29-35)41-27-28-45-44(46-41)34-21-24-37(25-22-34)47-42-16-7-6-15-39(42)40-26-23-33-11-4-5-14-38(33)43(40)47/h1-29H. The quantitative estimate of drug-likeness (QED) is 0.197. The lowest BCUT2D eigenvalue weighted by Gasteiger charge is -2.11. The van der Waals surface area contributed by atoms with Crippen LogP contribution in [0.5, 0.6) is 0 Å². The summed E-state index contributed by atoms with van der Waals surface area (Å²) in [6.07, 6.45) is 1.85. The molecule has 0 aliphatic carbocycles. The maximum Gasteiger partial charge on any atom is 0.159 e. The molecule has 2 aromatic heterocycles. The van der Waals surface area contributed by atoms with Crippen LogP contribution in [0.4, 0.5) is 0 Å². The number of benzene rings is 7. The Morgan fingerprint density at radius 3 is 1.87 bits per heavy atom. The third kappa shape index (κ3) is 4.77. The number of hydrogen-bond donors (Lipinski definition) is 0. The number of para-hydroxylation sites is 1. The highest BCUT2D eigenvalue weighted by atomic mass is 15.0. The minimum atomic E-state index is 0.708. The fourth-order valence-electron chi connectivity index (χ4n) is 6.76. The molecule has 0 aliphatic rings. The van der Waals surface area contributed by atoms with Gasteiger partial charge in [0.05, 0.1) is 16.7 Å². The van der Waals surface area contributed by atoms with E-state index in [1.807, 2.05) is 18.3 Å². The molecule has 7 aromatic carbocycles. The van der Waals surface area contributed by atoms with Crippen molar-refractivity contribution in [1.29, 1.82) is 0 Å². The highest BCUT2D eigenvalue weighted by molar-refractivity contribution is 6.18. The number of hydrogen-bond acceptors (Lipinski definition) is 2. The van der Waals surface area contributed by atoms with Gasteiger partial charge in [0.1, 0.15) is 0 Å². The fraction of sp³-hybridized carbons (Fsp3) is 0. The molecule has 3 heteroatoms. The van der Waals surface area contributed by atoms with E-state index in [0.29, 0.717) is 5.82 Å². The van der Waals surface area contributed by atoms with E-state index in [9.17, 15) is 0 Å². The van der Waals surface area contributed by atoms with E-state index in [1.54, 1.807) is 0 Å². The van der Waals surface area contributed by atoms with Crippen LogP contribution in [0.1, 0.15) is 0 Å². The molecule has 3 nitrogen and oxygen atoms in total. The summed E-state index contributed by atoms with van der Waals surface area (Å²) >= 11 is 0. The van der Waals surface area contributed by atoms with Crippen molar-refractivity contribution < 1.29 is 0 Å². The van der Waals surface area contributed by atoms with Gasteiger partial charge in [0.15, 0.2) is 5.82 Å². The molecule has 220 valence electrons. The third-order valence-corrected chi connectivity index (χ3v) is 9.08. The Morgan fingerprint density at radius 1 is 0.404 bits per heavy atom. The second-order valence-electron chi connectivity index (χ2n) is 11.9. The highest BCUT2D eigenvalue weighted by Crippen LogP contribution is 2.37. The van der Waals surface area contributed by atoms with Crippen LogP contribution in [0.25, 0.3) is 83.2 Å². The predicted octanol–water partition coefficient (Wildman–Crippen LogP) is 11.4. The van der Waals surface area contributed by atoms with Crippen LogP contribution in [-0.2, 0) is 0 Å². The average molecular weight is 600 g/mol. The summed E-state index contributed by atoms with van der Waals surface area (Å²) < 4.78 is 2.38. The normalized spacial score (nSPS) is 11.4. The molecule has 0 radical (unpaired) electrons. The van der Waals surface area contributed by atoms with Gasteiger partial charge < -0.3 is 4.57 Å². The Morgan fingerprint density at radius 2 is 1.04 bits per heavy atom. The van der Waals surface area contributed by atoms with Crippen LogP contribution in [0, 0.1) is 0 Å². The Balaban J connectivity index is 1.06. The zero-order chi connectivity index (χ0) is 31.2. The second-order valence-corrected chi connectivity index (χ2v) is 11.9. The Bertz CT molecular complexity index is 2540. The largest absolute Gasteiger partial charge is 0.309 e. The molecule has 0 amide bonds. The van der Waals surface area contributed by atoms with E-state index in [2.05, 4.69) is 167 Å². The maximum absolute atomic E-state index is 5.02. The summed E-state index contributed by atoms with van der Waals surface area (Å²) in [5.41, 5.74) is 11.2. The first-order valence-electron chi connectivity index (χ1n) is 15.9. The molecule has 0 aliphatic heterocycles. The van der Waals surface area contributed by atoms with Crippen molar-refractivity contribution in [1.82, 2.24) is 14.5 Å². The SMILES string of the molecule is c1ccc(-c2ccc(-c3cccc(-c4ccnc(-c5ccc(-n6c7ccccc7c7ccc8ccccc8c76)cc5)n4)c3)cc2)cc1. The molecule has 0 bridgehead atoms. The van der Waals surface area contributed by atoms with Crippen molar-refractivity contribution in [2.45, 2.75) is 0 Å². The first-order valence-corrected chi connectivity index (χ1v) is 15.9. The zero-order valence-electron chi connectivity index (χ0n) is 25.6. The van der Waals surface area contributed by atoms with Crippen molar-refractivity contribution in [3.05, 3.63) is 176 Å². The van der Waals surface area contributed by atoms with Crippen LogP contribution in [0.15, 0.2) is 176 Å². The highest BCUT2D eigenvalue weighted by Gasteiger charge is 2.15. The lowest BCUT2D eigenvalue weighted by molar-refractivity contribution is 1.16. The van der Waals surface area contributed by atoms with Crippen molar-refractivity contribution in [3.63, 3.8) is 0 Å². The van der Waals surface area contributed by atoms with Crippen LogP contribution in [0.3, 0.4) is 0 Å². The lowest BCUT2D eigenvalue weighted by atomic mass is 9.98. The van der Waals surface area contributed by atoms with Gasteiger partial charge in [-0.1, -0.05) is 127 Å². The monoisotopic (exact) mass is 599 g/mol. The fourth-order valence-corrected chi connectivity index (χ4v) is 6.76. The van der Waals surface area contributed by atoms with Crippen LogP contribution >= 0.6 is 0 Å². The first-order chi connectivity index (χ1) is 23.3. The Hall–Kier alpha value is -6.32. The van der Waals surface area contributed by atoms with Gasteiger partial charge >= 0.3 is 0 Å². The molecule has 0 unspecified atom stereocenters. The Kier molecular flexibility index (Phi) is 6.46. The van der Waals surface area contributed by atoms with E-state index >= 15 is 0 Å². The lowest BCUT2D eigenvalue weighted by Crippen LogP contribution is -1.96. The summed E-state index contributed by atoms with van der Waals surface area (Å²) in [5, 5.41) is 4.99. The van der Waals surface area contributed by atoms with Crippen molar-refractivity contribution in [3.8, 4) is 50.6 Å². The van der Waals surface area contributed by atoms with Crippen LogP contribution in [-0.4, -0.2) is 14.5 Å². The predicted molar refractivity (Wildman–Crippen MR) is 196 cm³/mol. The summed E-state index contributed by atoms with van der Waals surface area (Å²) in [5.74, 6) is 0.708. The molecule has 0 saturated carbocycles. The molecule has 0 saturated heterocycles. The summed E-state index contributed by atoms with van der Waals surface area (Å²) in [7, 11) is 0. The third-order valence-electron chi connectivity index (χ3n) is 9.08. The number of nitrogens with zero attached hydrogens (tertiary/aromatic N) is 3. The molecule has 47 heavy (non-hydrogen) atoms. The topological polar surface area (TPSA) is 30.7 Å². The van der Waals surface area contributed by atoms with E-state index in [0.717, 1.165) is 28.1 Å². The first kappa shape index (κ1) is 27.0. The molecule has 2 heterocycles. The molecular formula is C44H29N3. The van der Waals surface area contributed by atoms with E-state index in [4.69, 9.17) is 4.98 Å². The Labute approximate surface area is 273 Å². The van der Waals surface area contributed by atoms with Crippen molar-refractivity contribution in [2.75, 3.05) is 0 Å². The van der Waals surface area contributed by atoms with Gasteiger partial charge in [0.25, 0.3) is 0 Å². The number of fused-ring (bicyclic) bond motifs is 5. The zero-order valence-corrected chi connectivity index (χ0v) is 25.6. The minimum absolute atomic E-state index is 0.708. The van der Waals surface area contributed by atoms with Crippen LogP contribution < -0.4 is 0 Å². The second kappa shape index (κ2) is 11.2. The van der Waals surface area contributed by atoms with Gasteiger partial charge in [-0.3, -0.25) is 0 Å². The molecular weight excluding hydrogens is 571 g/mol. The molecule has 9 aromatic rings. The molecule has 9 rings (SSSR count). The number of aromatic nitrogens is 3. The van der Waals surface area contributed by atoms with E-state index in [1.165, 1.54) is 49.3 Å². The van der Waals surface area contributed by atoms with Gasteiger partial charge in [0.2, 0.25) is 0 Å². The van der Waals surface area contributed by atoms with Gasteiger partial charge in [0, 0.05) is 39.2 Å². The molecule has 0 spiro atoms. The summed E-state index contributed by atoms with van der Waals surface area (Å²) in [4.78, 5) is 9.69. The van der Waals surface area contributed by atoms with Gasteiger partial charge in [-0.2, -0.15) is 0 Å². The van der Waals surface area contributed by atoms with E-state index in [-0.39, 0.29) is 0 Å². The smallest absolute Gasteiger partial charge is 0.159 e. The molecule has 0 fully saturated rings. The summed E-state index contributed by atoms with van der Waals surface area (Å²) in [6, 6.07) is 60.1. The van der Waals surface area contributed by atoms with E-state index < -0.39 is 0 Å². The van der Waals surface area contributed by atoms with Gasteiger partial charge in [-0.05, 0) is 70.1 Å². The van der Waals surface area contributed by atoms with Crippen molar-refractivity contribution in [2.24, 2.45) is 0 Å². The van der Waals surface area contributed by atoms with Gasteiger partial charge in [-0.15, -0.1) is 0 Å². The molecule has 0 N–H and O–H groups in total. The number of rotatable bonds is 5. The van der Waals surface area contributed by atoms with Crippen molar-refractivity contribution >= 4 is 32.6 Å². The van der Waals surface area contributed by atoms with Gasteiger partial charge in [-0.25, -0.2) is 9.97 Å².